The van der Waals surface area contributed by atoms with E-state index in [1.54, 1.807) is 23.1 Å². The van der Waals surface area contributed by atoms with Gasteiger partial charge in [-0.3, -0.25) is 4.79 Å². The Balaban J connectivity index is 1.91. The Morgan fingerprint density at radius 2 is 2.26 bits per heavy atom. The molecule has 1 heterocycles. The number of β-amino-alcohol motifs (C(OH)–C–C–N with tert-alkyl or cyclic N) is 1. The Hall–Kier alpha value is -0.420. The SMILES string of the molecule is O=C(CSc1cc(Cl)ccc1Cl)N1CCCC(O)C1. The van der Waals surface area contributed by atoms with Crippen molar-refractivity contribution in [1.29, 1.82) is 0 Å². The molecule has 1 aliphatic heterocycles. The fraction of sp³-hybridized carbons (Fsp3) is 0.462. The van der Waals surface area contributed by atoms with Crippen LogP contribution < -0.4 is 0 Å². The molecular weight excluding hydrogens is 305 g/mol. The second-order valence-electron chi connectivity index (χ2n) is 4.50. The first-order chi connectivity index (χ1) is 9.06. The van der Waals surface area contributed by atoms with Gasteiger partial charge in [0.05, 0.1) is 16.9 Å². The summed E-state index contributed by atoms with van der Waals surface area (Å²) >= 11 is 13.3. The first-order valence-corrected chi connectivity index (χ1v) is 7.84. The third-order valence-corrected chi connectivity index (χ3v) is 4.71. The number of halogens is 2. The molecule has 1 aromatic rings. The van der Waals surface area contributed by atoms with Crippen LogP contribution in [0.1, 0.15) is 12.8 Å². The van der Waals surface area contributed by atoms with Gasteiger partial charge in [0.15, 0.2) is 0 Å². The molecule has 104 valence electrons. The van der Waals surface area contributed by atoms with E-state index in [9.17, 15) is 9.90 Å². The molecule has 1 unspecified atom stereocenters. The van der Waals surface area contributed by atoms with Crippen LogP contribution in [0.25, 0.3) is 0 Å². The van der Waals surface area contributed by atoms with E-state index in [-0.39, 0.29) is 5.91 Å². The molecular formula is C13H15Cl2NO2S. The summed E-state index contributed by atoms with van der Waals surface area (Å²) in [5.41, 5.74) is 0. The van der Waals surface area contributed by atoms with Crippen LogP contribution in [0.2, 0.25) is 10.0 Å². The maximum absolute atomic E-state index is 12.0. The molecule has 0 saturated carbocycles. The fourth-order valence-electron chi connectivity index (χ4n) is 2.00. The van der Waals surface area contributed by atoms with Gasteiger partial charge in [0.1, 0.15) is 0 Å². The molecule has 6 heteroatoms. The fourth-order valence-corrected chi connectivity index (χ4v) is 3.40. The molecule has 0 spiro atoms. The number of thioether (sulfide) groups is 1. The van der Waals surface area contributed by atoms with Crippen molar-refractivity contribution in [2.75, 3.05) is 18.8 Å². The number of nitrogens with zero attached hydrogens (tertiary/aromatic N) is 1. The van der Waals surface area contributed by atoms with E-state index in [4.69, 9.17) is 23.2 Å². The minimum Gasteiger partial charge on any atom is -0.391 e. The zero-order valence-electron chi connectivity index (χ0n) is 10.3. The zero-order valence-corrected chi connectivity index (χ0v) is 12.6. The van der Waals surface area contributed by atoms with Crippen LogP contribution in [-0.2, 0) is 4.79 Å². The molecule has 1 fully saturated rings. The van der Waals surface area contributed by atoms with Gasteiger partial charge in [-0.15, -0.1) is 11.8 Å². The number of amides is 1. The van der Waals surface area contributed by atoms with Crippen molar-refractivity contribution in [3.63, 3.8) is 0 Å². The number of rotatable bonds is 3. The summed E-state index contributed by atoms with van der Waals surface area (Å²) in [6.45, 7) is 1.16. The van der Waals surface area contributed by atoms with E-state index < -0.39 is 6.10 Å². The van der Waals surface area contributed by atoms with Gasteiger partial charge in [-0.1, -0.05) is 23.2 Å². The zero-order chi connectivity index (χ0) is 13.8. The highest BCUT2D eigenvalue weighted by Crippen LogP contribution is 2.30. The maximum atomic E-state index is 12.0. The van der Waals surface area contributed by atoms with Gasteiger partial charge in [0.2, 0.25) is 5.91 Å². The molecule has 2 rings (SSSR count). The first kappa shape index (κ1) is 15.0. The summed E-state index contributed by atoms with van der Waals surface area (Å²) in [6, 6.07) is 5.20. The van der Waals surface area contributed by atoms with Crippen molar-refractivity contribution >= 4 is 40.9 Å². The number of hydrogen-bond acceptors (Lipinski definition) is 3. The van der Waals surface area contributed by atoms with Crippen molar-refractivity contribution in [3.8, 4) is 0 Å². The van der Waals surface area contributed by atoms with Gasteiger partial charge in [0.25, 0.3) is 0 Å². The lowest BCUT2D eigenvalue weighted by Gasteiger charge is -2.30. The van der Waals surface area contributed by atoms with Crippen LogP contribution in [0, 0.1) is 0 Å². The number of carbonyl (C=O) groups is 1. The monoisotopic (exact) mass is 319 g/mol. The predicted molar refractivity (Wildman–Crippen MR) is 79.0 cm³/mol. The van der Waals surface area contributed by atoms with Crippen LogP contribution >= 0.6 is 35.0 Å². The molecule has 19 heavy (non-hydrogen) atoms. The molecule has 0 bridgehead atoms. The number of aliphatic hydroxyl groups excluding tert-OH is 1. The molecule has 3 nitrogen and oxygen atoms in total. The summed E-state index contributed by atoms with van der Waals surface area (Å²) in [5, 5.41) is 10.8. The largest absolute Gasteiger partial charge is 0.391 e. The van der Waals surface area contributed by atoms with E-state index in [1.165, 1.54) is 11.8 Å². The van der Waals surface area contributed by atoms with E-state index in [0.717, 1.165) is 24.3 Å². The summed E-state index contributed by atoms with van der Waals surface area (Å²) < 4.78 is 0. The topological polar surface area (TPSA) is 40.5 Å². The Morgan fingerprint density at radius 3 is 3.00 bits per heavy atom. The lowest BCUT2D eigenvalue weighted by molar-refractivity contribution is -0.131. The smallest absolute Gasteiger partial charge is 0.233 e. The van der Waals surface area contributed by atoms with Gasteiger partial charge in [0, 0.05) is 23.0 Å². The third kappa shape index (κ3) is 4.28. The average Bonchev–Trinajstić information content (AvgIpc) is 2.39. The second-order valence-corrected chi connectivity index (χ2v) is 6.36. The standard InChI is InChI=1S/C13H15Cl2NO2S/c14-9-3-4-11(15)12(6-9)19-8-13(18)16-5-1-2-10(17)7-16/h3-4,6,10,17H,1-2,5,7-8H2. The van der Waals surface area contributed by atoms with Gasteiger partial charge in [-0.05, 0) is 31.0 Å². The molecule has 1 saturated heterocycles. The normalized spacial score (nSPS) is 19.5. The quantitative estimate of drug-likeness (QED) is 0.870. The van der Waals surface area contributed by atoms with Crippen LogP contribution in [0.4, 0.5) is 0 Å². The van der Waals surface area contributed by atoms with Crippen molar-refractivity contribution in [2.45, 2.75) is 23.8 Å². The highest BCUT2D eigenvalue weighted by Gasteiger charge is 2.22. The summed E-state index contributed by atoms with van der Waals surface area (Å²) in [4.78, 5) is 14.5. The Kier molecular flexibility index (Phi) is 5.39. The van der Waals surface area contributed by atoms with Crippen molar-refractivity contribution in [3.05, 3.63) is 28.2 Å². The molecule has 1 amide bonds. The minimum atomic E-state index is -0.391. The molecule has 0 radical (unpaired) electrons. The minimum absolute atomic E-state index is 0.0276. The first-order valence-electron chi connectivity index (χ1n) is 6.10. The lowest BCUT2D eigenvalue weighted by Crippen LogP contribution is -2.42. The van der Waals surface area contributed by atoms with E-state index in [0.29, 0.717) is 22.3 Å². The Labute approximate surface area is 126 Å². The third-order valence-electron chi connectivity index (χ3n) is 2.99. The summed E-state index contributed by atoms with van der Waals surface area (Å²) in [5.74, 6) is 0.340. The van der Waals surface area contributed by atoms with Crippen molar-refractivity contribution in [1.82, 2.24) is 4.90 Å². The average molecular weight is 320 g/mol. The van der Waals surface area contributed by atoms with Crippen LogP contribution in [0.3, 0.4) is 0 Å². The Bertz CT molecular complexity index is 470. The van der Waals surface area contributed by atoms with Gasteiger partial charge in [-0.25, -0.2) is 0 Å². The highest BCUT2D eigenvalue weighted by atomic mass is 35.5. The predicted octanol–water partition coefficient (Wildman–Crippen LogP) is 3.07. The number of carbonyl (C=O) groups excluding carboxylic acids is 1. The van der Waals surface area contributed by atoms with Crippen LogP contribution in [0.15, 0.2) is 23.1 Å². The molecule has 1 aromatic carbocycles. The van der Waals surface area contributed by atoms with Crippen molar-refractivity contribution in [2.24, 2.45) is 0 Å². The van der Waals surface area contributed by atoms with E-state index in [1.807, 2.05) is 0 Å². The number of benzene rings is 1. The van der Waals surface area contributed by atoms with Crippen LogP contribution in [-0.4, -0.2) is 40.9 Å². The number of aliphatic hydroxyl groups is 1. The van der Waals surface area contributed by atoms with Gasteiger partial charge in [-0.2, -0.15) is 0 Å². The van der Waals surface area contributed by atoms with Crippen LogP contribution in [0.5, 0.6) is 0 Å². The summed E-state index contributed by atoms with van der Waals surface area (Å²) in [6.07, 6.45) is 1.24. The van der Waals surface area contributed by atoms with E-state index >= 15 is 0 Å². The van der Waals surface area contributed by atoms with Crippen molar-refractivity contribution < 1.29 is 9.90 Å². The number of piperidine rings is 1. The number of hydrogen-bond donors (Lipinski definition) is 1. The number of likely N-dealkylation sites (tertiary alicyclic amines) is 1. The summed E-state index contributed by atoms with van der Waals surface area (Å²) in [7, 11) is 0. The molecule has 0 aromatic heterocycles. The Morgan fingerprint density at radius 1 is 1.47 bits per heavy atom. The van der Waals surface area contributed by atoms with Gasteiger partial charge >= 0.3 is 0 Å². The molecule has 1 aliphatic rings. The van der Waals surface area contributed by atoms with Gasteiger partial charge < -0.3 is 10.0 Å². The van der Waals surface area contributed by atoms with E-state index in [2.05, 4.69) is 0 Å². The second kappa shape index (κ2) is 6.84. The molecule has 1 atom stereocenters. The highest BCUT2D eigenvalue weighted by molar-refractivity contribution is 8.00. The lowest BCUT2D eigenvalue weighted by atomic mass is 10.1. The molecule has 1 N–H and O–H groups in total. The molecule has 0 aliphatic carbocycles. The maximum Gasteiger partial charge on any atom is 0.233 e.